The average molecular weight is 318 g/mol. The fraction of sp³-hybridized carbons (Fsp3) is 0.312. The van der Waals surface area contributed by atoms with Crippen LogP contribution in [-0.4, -0.2) is 23.8 Å². The highest BCUT2D eigenvalue weighted by Crippen LogP contribution is 2.28. The van der Waals surface area contributed by atoms with E-state index in [1.807, 2.05) is 26.0 Å². The topological polar surface area (TPSA) is 59.5 Å². The molecule has 5 nitrogen and oxygen atoms in total. The number of sulfonamides is 1. The van der Waals surface area contributed by atoms with Crippen LogP contribution < -0.4 is 4.74 Å². The van der Waals surface area contributed by atoms with Gasteiger partial charge in [0.25, 0.3) is 0 Å². The van der Waals surface area contributed by atoms with E-state index in [1.165, 1.54) is 4.31 Å². The molecule has 0 atom stereocenters. The maximum absolute atomic E-state index is 12.7. The third kappa shape index (κ3) is 2.84. The fourth-order valence-electron chi connectivity index (χ4n) is 2.45. The molecule has 1 aliphatic rings. The van der Waals surface area contributed by atoms with Crippen LogP contribution in [0.2, 0.25) is 0 Å². The maximum atomic E-state index is 12.7. The van der Waals surface area contributed by atoms with Crippen molar-refractivity contribution in [2.24, 2.45) is 0 Å². The van der Waals surface area contributed by atoms with Crippen LogP contribution >= 0.6 is 0 Å². The van der Waals surface area contributed by atoms with Crippen LogP contribution in [0.1, 0.15) is 25.1 Å². The van der Waals surface area contributed by atoms with Gasteiger partial charge in [0, 0.05) is 12.7 Å². The van der Waals surface area contributed by atoms with Crippen LogP contribution in [0, 0.1) is 0 Å². The first-order chi connectivity index (χ1) is 10.5. The average Bonchev–Trinajstić information content (AvgIpc) is 2.92. The number of ether oxygens (including phenoxy) is 1. The second-order valence-electron chi connectivity index (χ2n) is 5.52. The normalized spacial score (nSPS) is 15.0. The van der Waals surface area contributed by atoms with Gasteiger partial charge in [0.15, 0.2) is 0 Å². The molecular formula is C16H18N2O3S. The zero-order valence-corrected chi connectivity index (χ0v) is 13.4. The van der Waals surface area contributed by atoms with Crippen LogP contribution in [0.4, 0.5) is 0 Å². The third-order valence-corrected chi connectivity index (χ3v) is 5.30. The minimum atomic E-state index is -3.51. The Bertz CT molecular complexity index is 745. The second kappa shape index (κ2) is 5.70. The van der Waals surface area contributed by atoms with Crippen LogP contribution in [0.15, 0.2) is 47.5 Å². The molecule has 0 aliphatic carbocycles. The molecule has 3 rings (SSSR count). The number of nitrogens with zero attached hydrogens (tertiary/aromatic N) is 2. The molecule has 0 saturated carbocycles. The summed E-state index contributed by atoms with van der Waals surface area (Å²) in [5, 5.41) is 0. The van der Waals surface area contributed by atoms with Gasteiger partial charge in [-0.05, 0) is 49.7 Å². The zero-order chi connectivity index (χ0) is 15.7. The summed E-state index contributed by atoms with van der Waals surface area (Å²) < 4.78 is 32.4. The van der Waals surface area contributed by atoms with E-state index in [9.17, 15) is 8.42 Å². The molecule has 0 amide bonds. The molecule has 0 bridgehead atoms. The molecule has 0 saturated heterocycles. The highest BCUT2D eigenvalue weighted by molar-refractivity contribution is 7.89. The van der Waals surface area contributed by atoms with Gasteiger partial charge in [0.2, 0.25) is 10.0 Å². The molecule has 6 heteroatoms. The minimum absolute atomic E-state index is 0.0570. The molecule has 1 aliphatic heterocycles. The Morgan fingerprint density at radius 1 is 1.14 bits per heavy atom. The molecule has 1 aromatic heterocycles. The summed E-state index contributed by atoms with van der Waals surface area (Å²) in [4.78, 5) is 4.51. The van der Waals surface area contributed by atoms with Gasteiger partial charge in [-0.3, -0.25) is 4.98 Å². The van der Waals surface area contributed by atoms with Crippen molar-refractivity contribution in [1.82, 2.24) is 9.29 Å². The monoisotopic (exact) mass is 318 g/mol. The van der Waals surface area contributed by atoms with Gasteiger partial charge in [0.05, 0.1) is 23.2 Å². The summed E-state index contributed by atoms with van der Waals surface area (Å²) in [6.07, 6.45) is 1.74. The van der Waals surface area contributed by atoms with E-state index in [0.29, 0.717) is 18.8 Å². The molecule has 116 valence electrons. The SMILES string of the molecule is CC(C)Oc1ccc(S(=O)(=O)N2Cc3cccnc3C2)cc1. The minimum Gasteiger partial charge on any atom is -0.491 e. The highest BCUT2D eigenvalue weighted by atomic mass is 32.2. The van der Waals surface area contributed by atoms with Crippen molar-refractivity contribution in [3.8, 4) is 5.75 Å². The Morgan fingerprint density at radius 3 is 2.50 bits per heavy atom. The van der Waals surface area contributed by atoms with Crippen molar-refractivity contribution in [3.63, 3.8) is 0 Å². The second-order valence-corrected chi connectivity index (χ2v) is 7.46. The van der Waals surface area contributed by atoms with Crippen molar-refractivity contribution in [1.29, 1.82) is 0 Å². The lowest BCUT2D eigenvalue weighted by atomic mass is 10.2. The Hall–Kier alpha value is -1.92. The number of hydrogen-bond donors (Lipinski definition) is 0. The summed E-state index contributed by atoms with van der Waals surface area (Å²) in [6, 6.07) is 10.3. The molecule has 0 N–H and O–H groups in total. The van der Waals surface area contributed by atoms with E-state index in [4.69, 9.17) is 4.74 Å². The van der Waals surface area contributed by atoms with E-state index < -0.39 is 10.0 Å². The number of benzene rings is 1. The number of fused-ring (bicyclic) bond motifs is 1. The Morgan fingerprint density at radius 2 is 1.86 bits per heavy atom. The summed E-state index contributed by atoms with van der Waals surface area (Å²) in [6.45, 7) is 4.55. The molecule has 1 aromatic carbocycles. The number of aromatic nitrogens is 1. The molecular weight excluding hydrogens is 300 g/mol. The van der Waals surface area contributed by atoms with E-state index >= 15 is 0 Å². The summed E-state index contributed by atoms with van der Waals surface area (Å²) in [5.74, 6) is 0.667. The van der Waals surface area contributed by atoms with Gasteiger partial charge in [-0.1, -0.05) is 6.07 Å². The molecule has 0 spiro atoms. The lowest BCUT2D eigenvalue weighted by Gasteiger charge is -2.16. The smallest absolute Gasteiger partial charge is 0.243 e. The summed E-state index contributed by atoms with van der Waals surface area (Å²) in [7, 11) is -3.51. The van der Waals surface area contributed by atoms with Crippen molar-refractivity contribution >= 4 is 10.0 Å². The van der Waals surface area contributed by atoms with Crippen LogP contribution in [0.25, 0.3) is 0 Å². The van der Waals surface area contributed by atoms with E-state index in [1.54, 1.807) is 30.5 Å². The Labute approximate surface area is 130 Å². The molecule has 2 aromatic rings. The van der Waals surface area contributed by atoms with Crippen molar-refractivity contribution in [3.05, 3.63) is 53.9 Å². The van der Waals surface area contributed by atoms with Crippen LogP contribution in [0.5, 0.6) is 5.75 Å². The van der Waals surface area contributed by atoms with Crippen molar-refractivity contribution in [2.75, 3.05) is 0 Å². The van der Waals surface area contributed by atoms with E-state index in [0.717, 1.165) is 11.3 Å². The fourth-order valence-corrected chi connectivity index (χ4v) is 3.83. The Balaban J connectivity index is 1.82. The first-order valence-electron chi connectivity index (χ1n) is 7.16. The van der Waals surface area contributed by atoms with Crippen LogP contribution in [0.3, 0.4) is 0 Å². The van der Waals surface area contributed by atoms with Gasteiger partial charge in [-0.2, -0.15) is 4.31 Å². The molecule has 0 unspecified atom stereocenters. The number of rotatable bonds is 4. The van der Waals surface area contributed by atoms with Crippen molar-refractivity contribution < 1.29 is 13.2 Å². The predicted molar refractivity (Wildman–Crippen MR) is 82.9 cm³/mol. The lowest BCUT2D eigenvalue weighted by molar-refractivity contribution is 0.242. The molecule has 0 fully saturated rings. The Kier molecular flexibility index (Phi) is 3.88. The van der Waals surface area contributed by atoms with Gasteiger partial charge in [0.1, 0.15) is 5.75 Å². The van der Waals surface area contributed by atoms with E-state index in [2.05, 4.69) is 4.98 Å². The van der Waals surface area contributed by atoms with Crippen LogP contribution in [-0.2, 0) is 23.1 Å². The standard InChI is InChI=1S/C16H18N2O3S/c1-12(2)21-14-5-7-15(8-6-14)22(19,20)18-10-13-4-3-9-17-16(13)11-18/h3-9,12H,10-11H2,1-2H3. The molecule has 2 heterocycles. The maximum Gasteiger partial charge on any atom is 0.243 e. The van der Waals surface area contributed by atoms with Gasteiger partial charge in [-0.25, -0.2) is 8.42 Å². The predicted octanol–water partition coefficient (Wildman–Crippen LogP) is 2.57. The number of hydrogen-bond acceptors (Lipinski definition) is 4. The third-order valence-electron chi connectivity index (χ3n) is 3.49. The van der Waals surface area contributed by atoms with Gasteiger partial charge < -0.3 is 4.74 Å². The molecule has 0 radical (unpaired) electrons. The number of pyridine rings is 1. The quantitative estimate of drug-likeness (QED) is 0.869. The van der Waals surface area contributed by atoms with Gasteiger partial charge in [-0.15, -0.1) is 0 Å². The summed E-state index contributed by atoms with van der Waals surface area (Å²) >= 11 is 0. The first kappa shape index (κ1) is 15.0. The summed E-state index contributed by atoms with van der Waals surface area (Å²) in [5.41, 5.74) is 1.79. The highest BCUT2D eigenvalue weighted by Gasteiger charge is 2.31. The largest absolute Gasteiger partial charge is 0.491 e. The zero-order valence-electron chi connectivity index (χ0n) is 12.6. The molecule has 22 heavy (non-hydrogen) atoms. The van der Waals surface area contributed by atoms with E-state index in [-0.39, 0.29) is 11.0 Å². The van der Waals surface area contributed by atoms with Gasteiger partial charge >= 0.3 is 0 Å². The first-order valence-corrected chi connectivity index (χ1v) is 8.60. The lowest BCUT2D eigenvalue weighted by Crippen LogP contribution is -2.25. The van der Waals surface area contributed by atoms with Crippen molar-refractivity contribution in [2.45, 2.75) is 37.9 Å².